The van der Waals surface area contributed by atoms with E-state index in [4.69, 9.17) is 0 Å². The topological polar surface area (TPSA) is 3.24 Å². The number of hydrogen-bond acceptors (Lipinski definition) is 1. The molecule has 1 unspecified atom stereocenters. The molecule has 2 rings (SSSR count). The molecule has 0 aromatic rings. The Morgan fingerprint density at radius 3 is 2.45 bits per heavy atom. The van der Waals surface area contributed by atoms with Crippen LogP contribution >= 0.6 is 0 Å². The molecule has 1 spiro atoms. The highest BCUT2D eigenvalue weighted by molar-refractivity contribution is 5.15. The average Bonchev–Trinajstić information content (AvgIpc) is 2.76. The second-order valence-corrected chi connectivity index (χ2v) is 4.20. The molecule has 1 heteroatoms. The maximum absolute atomic E-state index is 2.41. The summed E-state index contributed by atoms with van der Waals surface area (Å²) in [7, 11) is 2.21. The fraction of sp³-hybridized carbons (Fsp3) is 0.800. The standard InChI is InChI=1S/C10H17N/c1-8-4-7-11(3)10(5-6-10)9(8)2/h4,7-9H,5-6H2,1-3H3/t8?,9-/m1/s1. The Morgan fingerprint density at radius 2 is 2.00 bits per heavy atom. The average molecular weight is 151 g/mol. The first-order chi connectivity index (χ1) is 5.17. The van der Waals surface area contributed by atoms with Crippen molar-refractivity contribution < 1.29 is 0 Å². The second kappa shape index (κ2) is 2.02. The molecule has 1 aliphatic heterocycles. The molecule has 0 amide bonds. The van der Waals surface area contributed by atoms with Crippen molar-refractivity contribution in [2.75, 3.05) is 7.05 Å². The first-order valence-electron chi connectivity index (χ1n) is 4.58. The van der Waals surface area contributed by atoms with Crippen molar-refractivity contribution in [1.29, 1.82) is 0 Å². The van der Waals surface area contributed by atoms with Gasteiger partial charge in [0.15, 0.2) is 0 Å². The molecule has 0 aromatic carbocycles. The lowest BCUT2D eigenvalue weighted by molar-refractivity contribution is 0.170. The quantitative estimate of drug-likeness (QED) is 0.513. The molecule has 1 nitrogen and oxygen atoms in total. The third kappa shape index (κ3) is 0.831. The van der Waals surface area contributed by atoms with E-state index < -0.39 is 0 Å². The van der Waals surface area contributed by atoms with E-state index >= 15 is 0 Å². The molecular weight excluding hydrogens is 134 g/mol. The molecule has 0 N–H and O–H groups in total. The predicted molar refractivity (Wildman–Crippen MR) is 47.2 cm³/mol. The molecular formula is C10H17N. The van der Waals surface area contributed by atoms with Gasteiger partial charge in [-0.25, -0.2) is 0 Å². The summed E-state index contributed by atoms with van der Waals surface area (Å²) >= 11 is 0. The first-order valence-corrected chi connectivity index (χ1v) is 4.58. The van der Waals surface area contributed by atoms with Crippen LogP contribution in [0, 0.1) is 11.8 Å². The zero-order valence-electron chi connectivity index (χ0n) is 7.67. The maximum atomic E-state index is 2.41. The molecule has 1 heterocycles. The van der Waals surface area contributed by atoms with Gasteiger partial charge in [-0.2, -0.15) is 0 Å². The van der Waals surface area contributed by atoms with E-state index in [-0.39, 0.29) is 0 Å². The van der Waals surface area contributed by atoms with Crippen molar-refractivity contribution in [1.82, 2.24) is 4.90 Å². The minimum absolute atomic E-state index is 0.564. The highest BCUT2D eigenvalue weighted by Gasteiger charge is 2.52. The van der Waals surface area contributed by atoms with E-state index in [2.05, 4.69) is 38.1 Å². The SMILES string of the molecule is CC1C=CN(C)C2(CC2)[C@@H]1C. The van der Waals surface area contributed by atoms with E-state index in [1.165, 1.54) is 12.8 Å². The Balaban J connectivity index is 2.26. The fourth-order valence-electron chi connectivity index (χ4n) is 2.33. The van der Waals surface area contributed by atoms with Gasteiger partial charge in [-0.05, 0) is 30.9 Å². The Hall–Kier alpha value is -0.460. The smallest absolute Gasteiger partial charge is 0.0426 e. The minimum Gasteiger partial charge on any atom is -0.375 e. The Kier molecular flexibility index (Phi) is 1.33. The highest BCUT2D eigenvalue weighted by Crippen LogP contribution is 2.51. The van der Waals surface area contributed by atoms with Gasteiger partial charge >= 0.3 is 0 Å². The summed E-state index contributed by atoms with van der Waals surface area (Å²) in [6, 6.07) is 0. The van der Waals surface area contributed by atoms with Gasteiger partial charge in [0.05, 0.1) is 0 Å². The molecule has 62 valence electrons. The van der Waals surface area contributed by atoms with E-state index in [9.17, 15) is 0 Å². The molecule has 1 saturated carbocycles. The van der Waals surface area contributed by atoms with Gasteiger partial charge < -0.3 is 4.90 Å². The maximum Gasteiger partial charge on any atom is 0.0426 e. The lowest BCUT2D eigenvalue weighted by Crippen LogP contribution is -2.41. The van der Waals surface area contributed by atoms with Gasteiger partial charge in [0.25, 0.3) is 0 Å². The van der Waals surface area contributed by atoms with Crippen LogP contribution in [-0.4, -0.2) is 17.5 Å². The Morgan fingerprint density at radius 1 is 1.36 bits per heavy atom. The number of hydrogen-bond donors (Lipinski definition) is 0. The Labute approximate surface area is 69.1 Å². The zero-order chi connectivity index (χ0) is 8.06. The van der Waals surface area contributed by atoms with Crippen LogP contribution in [0.15, 0.2) is 12.3 Å². The van der Waals surface area contributed by atoms with Gasteiger partial charge in [-0.15, -0.1) is 0 Å². The van der Waals surface area contributed by atoms with E-state index in [1.807, 2.05) is 0 Å². The monoisotopic (exact) mass is 151 g/mol. The van der Waals surface area contributed by atoms with Crippen LogP contribution in [0.1, 0.15) is 26.7 Å². The minimum atomic E-state index is 0.564. The molecule has 0 aromatic heterocycles. The summed E-state index contributed by atoms with van der Waals surface area (Å²) in [5.41, 5.74) is 0.564. The highest BCUT2D eigenvalue weighted by atomic mass is 15.2. The Bertz CT molecular complexity index is 191. The van der Waals surface area contributed by atoms with Crippen molar-refractivity contribution in [3.05, 3.63) is 12.3 Å². The lowest BCUT2D eigenvalue weighted by Gasteiger charge is -2.39. The summed E-state index contributed by atoms with van der Waals surface area (Å²) in [4.78, 5) is 2.41. The van der Waals surface area contributed by atoms with Crippen LogP contribution in [0.25, 0.3) is 0 Å². The van der Waals surface area contributed by atoms with Crippen LogP contribution in [-0.2, 0) is 0 Å². The van der Waals surface area contributed by atoms with Crippen molar-refractivity contribution >= 4 is 0 Å². The largest absolute Gasteiger partial charge is 0.375 e. The van der Waals surface area contributed by atoms with Crippen molar-refractivity contribution in [3.8, 4) is 0 Å². The third-order valence-corrected chi connectivity index (χ3v) is 3.71. The molecule has 11 heavy (non-hydrogen) atoms. The molecule has 1 aliphatic carbocycles. The lowest BCUT2D eigenvalue weighted by atomic mass is 9.83. The van der Waals surface area contributed by atoms with Crippen molar-refractivity contribution in [2.45, 2.75) is 32.2 Å². The van der Waals surface area contributed by atoms with Gasteiger partial charge in [-0.3, -0.25) is 0 Å². The van der Waals surface area contributed by atoms with Crippen LogP contribution in [0.2, 0.25) is 0 Å². The van der Waals surface area contributed by atoms with Gasteiger partial charge in [0.1, 0.15) is 0 Å². The zero-order valence-corrected chi connectivity index (χ0v) is 7.67. The molecule has 0 radical (unpaired) electrons. The summed E-state index contributed by atoms with van der Waals surface area (Å²) in [5, 5.41) is 0. The van der Waals surface area contributed by atoms with E-state index in [0.717, 1.165) is 11.8 Å². The van der Waals surface area contributed by atoms with E-state index in [0.29, 0.717) is 5.54 Å². The summed E-state index contributed by atoms with van der Waals surface area (Å²) in [5.74, 6) is 1.62. The van der Waals surface area contributed by atoms with Crippen LogP contribution in [0.5, 0.6) is 0 Å². The van der Waals surface area contributed by atoms with Gasteiger partial charge in [0.2, 0.25) is 0 Å². The molecule has 2 atom stereocenters. The second-order valence-electron chi connectivity index (χ2n) is 4.20. The van der Waals surface area contributed by atoms with Gasteiger partial charge in [0, 0.05) is 12.6 Å². The fourth-order valence-corrected chi connectivity index (χ4v) is 2.33. The van der Waals surface area contributed by atoms with Crippen molar-refractivity contribution in [2.24, 2.45) is 11.8 Å². The third-order valence-electron chi connectivity index (χ3n) is 3.71. The molecule has 0 bridgehead atoms. The number of nitrogens with zero attached hydrogens (tertiary/aromatic N) is 1. The molecule has 0 saturated heterocycles. The summed E-state index contributed by atoms with van der Waals surface area (Å²) in [6.45, 7) is 4.71. The van der Waals surface area contributed by atoms with Crippen LogP contribution < -0.4 is 0 Å². The summed E-state index contributed by atoms with van der Waals surface area (Å²) in [6.07, 6.45) is 7.39. The van der Waals surface area contributed by atoms with E-state index in [1.54, 1.807) is 0 Å². The van der Waals surface area contributed by atoms with Crippen LogP contribution in [0.3, 0.4) is 0 Å². The van der Waals surface area contributed by atoms with Crippen molar-refractivity contribution in [3.63, 3.8) is 0 Å². The molecule has 1 fully saturated rings. The van der Waals surface area contributed by atoms with Crippen LogP contribution in [0.4, 0.5) is 0 Å². The summed E-state index contributed by atoms with van der Waals surface area (Å²) < 4.78 is 0. The first kappa shape index (κ1) is 7.20. The number of rotatable bonds is 0. The molecule has 2 aliphatic rings. The number of allylic oxidation sites excluding steroid dienone is 1. The van der Waals surface area contributed by atoms with Gasteiger partial charge in [-0.1, -0.05) is 19.9 Å². The normalized spacial score (nSPS) is 39.7. The predicted octanol–water partition coefficient (Wildman–Crippen LogP) is 2.25.